The molecule has 0 aliphatic heterocycles. The minimum atomic E-state index is -1.18. The van der Waals surface area contributed by atoms with Crippen molar-refractivity contribution in [3.63, 3.8) is 0 Å². The van der Waals surface area contributed by atoms with Crippen LogP contribution in [-0.2, 0) is 6.42 Å². The SMILES string of the molecule is CC(C)=CCC/C(C)=C/Cc1c(O)cc(C(=O)O)cc1O. The second-order valence-corrected chi connectivity index (χ2v) is 5.37. The Morgan fingerprint density at radius 1 is 1.10 bits per heavy atom. The molecule has 4 nitrogen and oxygen atoms in total. The van der Waals surface area contributed by atoms with Gasteiger partial charge < -0.3 is 15.3 Å². The molecule has 1 rings (SSSR count). The van der Waals surface area contributed by atoms with Crippen molar-refractivity contribution >= 4 is 5.97 Å². The van der Waals surface area contributed by atoms with Crippen molar-refractivity contribution in [2.45, 2.75) is 40.0 Å². The van der Waals surface area contributed by atoms with E-state index in [0.717, 1.165) is 30.5 Å². The zero-order chi connectivity index (χ0) is 16.0. The molecule has 21 heavy (non-hydrogen) atoms. The van der Waals surface area contributed by atoms with E-state index in [-0.39, 0.29) is 17.1 Å². The van der Waals surface area contributed by atoms with E-state index < -0.39 is 5.97 Å². The maximum Gasteiger partial charge on any atom is 0.335 e. The fourth-order valence-corrected chi connectivity index (χ4v) is 1.94. The number of rotatable bonds is 6. The molecule has 1 aromatic rings. The lowest BCUT2D eigenvalue weighted by molar-refractivity contribution is 0.0696. The van der Waals surface area contributed by atoms with Crippen LogP contribution in [0.2, 0.25) is 0 Å². The van der Waals surface area contributed by atoms with Crippen molar-refractivity contribution in [3.05, 3.63) is 46.6 Å². The van der Waals surface area contributed by atoms with E-state index in [9.17, 15) is 15.0 Å². The fourth-order valence-electron chi connectivity index (χ4n) is 1.94. The standard InChI is InChI=1S/C17H22O4/c1-11(2)5-4-6-12(3)7-8-14-15(18)9-13(17(20)21)10-16(14)19/h5,7,9-10,18-19H,4,6,8H2,1-3H3,(H,20,21)/b12-7+. The predicted octanol–water partition coefficient (Wildman–Crippen LogP) is 4.03. The maximum atomic E-state index is 10.8. The molecule has 0 bridgehead atoms. The number of aromatic hydroxyl groups is 2. The average Bonchev–Trinajstić information content (AvgIpc) is 2.36. The van der Waals surface area contributed by atoms with Crippen LogP contribution in [0.15, 0.2) is 35.4 Å². The highest BCUT2D eigenvalue weighted by Crippen LogP contribution is 2.30. The van der Waals surface area contributed by atoms with Crippen LogP contribution in [0.3, 0.4) is 0 Å². The van der Waals surface area contributed by atoms with Gasteiger partial charge in [-0.2, -0.15) is 0 Å². The zero-order valence-electron chi connectivity index (χ0n) is 12.7. The largest absolute Gasteiger partial charge is 0.507 e. The molecule has 0 spiro atoms. The number of hydrogen-bond donors (Lipinski definition) is 3. The Bertz CT molecular complexity index is 555. The van der Waals surface area contributed by atoms with Crippen LogP contribution in [0.5, 0.6) is 11.5 Å². The van der Waals surface area contributed by atoms with Gasteiger partial charge in [-0.3, -0.25) is 0 Å². The highest BCUT2D eigenvalue weighted by atomic mass is 16.4. The summed E-state index contributed by atoms with van der Waals surface area (Å²) in [5, 5.41) is 28.5. The number of allylic oxidation sites excluding steroid dienone is 4. The molecule has 0 saturated heterocycles. The molecular formula is C17H22O4. The average molecular weight is 290 g/mol. The highest BCUT2D eigenvalue weighted by molar-refractivity contribution is 5.89. The van der Waals surface area contributed by atoms with E-state index in [4.69, 9.17) is 5.11 Å². The first-order valence-corrected chi connectivity index (χ1v) is 6.88. The third-order valence-corrected chi connectivity index (χ3v) is 3.20. The zero-order valence-corrected chi connectivity index (χ0v) is 12.7. The first kappa shape index (κ1) is 16.8. The summed E-state index contributed by atoms with van der Waals surface area (Å²) >= 11 is 0. The van der Waals surface area contributed by atoms with Crippen molar-refractivity contribution in [1.29, 1.82) is 0 Å². The Labute approximate surface area is 125 Å². The van der Waals surface area contributed by atoms with Gasteiger partial charge in [0.15, 0.2) is 0 Å². The molecule has 3 N–H and O–H groups in total. The summed E-state index contributed by atoms with van der Waals surface area (Å²) in [5.74, 6) is -1.57. The summed E-state index contributed by atoms with van der Waals surface area (Å²) in [6.07, 6.45) is 6.35. The van der Waals surface area contributed by atoms with Crippen LogP contribution in [0, 0.1) is 0 Å². The number of carboxylic acids is 1. The Hall–Kier alpha value is -2.23. The van der Waals surface area contributed by atoms with Crippen molar-refractivity contribution < 1.29 is 20.1 Å². The lowest BCUT2D eigenvalue weighted by Gasteiger charge is -2.07. The predicted molar refractivity (Wildman–Crippen MR) is 82.9 cm³/mol. The van der Waals surface area contributed by atoms with E-state index >= 15 is 0 Å². The van der Waals surface area contributed by atoms with Crippen LogP contribution < -0.4 is 0 Å². The van der Waals surface area contributed by atoms with Gasteiger partial charge in [-0.15, -0.1) is 0 Å². The second-order valence-electron chi connectivity index (χ2n) is 5.37. The number of benzene rings is 1. The van der Waals surface area contributed by atoms with Crippen LogP contribution in [0.25, 0.3) is 0 Å². The normalized spacial score (nSPS) is 11.3. The fraction of sp³-hybridized carbons (Fsp3) is 0.353. The molecule has 0 radical (unpaired) electrons. The molecule has 0 atom stereocenters. The summed E-state index contributed by atoms with van der Waals surface area (Å²) in [6.45, 7) is 6.11. The summed E-state index contributed by atoms with van der Waals surface area (Å²) in [5.41, 5.74) is 2.66. The van der Waals surface area contributed by atoms with Gasteiger partial charge in [-0.05, 0) is 52.2 Å². The smallest absolute Gasteiger partial charge is 0.335 e. The van der Waals surface area contributed by atoms with Gasteiger partial charge in [0, 0.05) is 5.56 Å². The molecular weight excluding hydrogens is 268 g/mol. The van der Waals surface area contributed by atoms with Crippen molar-refractivity contribution in [2.24, 2.45) is 0 Å². The molecule has 4 heteroatoms. The Morgan fingerprint density at radius 2 is 1.67 bits per heavy atom. The highest BCUT2D eigenvalue weighted by Gasteiger charge is 2.12. The molecule has 0 saturated carbocycles. The first-order chi connectivity index (χ1) is 9.81. The maximum absolute atomic E-state index is 10.8. The first-order valence-electron chi connectivity index (χ1n) is 6.88. The lowest BCUT2D eigenvalue weighted by atomic mass is 10.0. The molecule has 0 fully saturated rings. The third kappa shape index (κ3) is 5.34. The van der Waals surface area contributed by atoms with E-state index in [1.165, 1.54) is 5.57 Å². The Kier molecular flexibility index (Phi) is 6.03. The molecule has 114 valence electrons. The number of phenols is 2. The molecule has 0 aromatic heterocycles. The quantitative estimate of drug-likeness (QED) is 0.691. The minimum absolute atomic E-state index is 0.127. The van der Waals surface area contributed by atoms with Crippen molar-refractivity contribution in [2.75, 3.05) is 0 Å². The Balaban J connectivity index is 2.79. The van der Waals surface area contributed by atoms with Gasteiger partial charge in [-0.25, -0.2) is 4.79 Å². The Morgan fingerprint density at radius 3 is 2.14 bits per heavy atom. The number of phenolic OH excluding ortho intramolecular Hbond substituents is 2. The van der Waals surface area contributed by atoms with Crippen LogP contribution in [0.1, 0.15) is 49.5 Å². The van der Waals surface area contributed by atoms with Crippen molar-refractivity contribution in [1.82, 2.24) is 0 Å². The second kappa shape index (κ2) is 7.53. The van der Waals surface area contributed by atoms with Gasteiger partial charge in [0.05, 0.1) is 5.56 Å². The summed E-state index contributed by atoms with van der Waals surface area (Å²) in [7, 11) is 0. The molecule has 0 amide bonds. The van der Waals surface area contributed by atoms with Crippen LogP contribution in [0.4, 0.5) is 0 Å². The van der Waals surface area contributed by atoms with E-state index in [1.807, 2.05) is 13.0 Å². The van der Waals surface area contributed by atoms with Crippen LogP contribution in [-0.4, -0.2) is 21.3 Å². The molecule has 0 unspecified atom stereocenters. The van der Waals surface area contributed by atoms with Crippen molar-refractivity contribution in [3.8, 4) is 11.5 Å². The van der Waals surface area contributed by atoms with E-state index in [1.54, 1.807) is 0 Å². The third-order valence-electron chi connectivity index (χ3n) is 3.20. The minimum Gasteiger partial charge on any atom is -0.507 e. The number of hydrogen-bond acceptors (Lipinski definition) is 3. The number of carboxylic acid groups (broad SMARTS) is 1. The number of aromatic carboxylic acids is 1. The topological polar surface area (TPSA) is 77.8 Å². The molecule has 0 aliphatic rings. The summed E-state index contributed by atoms with van der Waals surface area (Å²) in [4.78, 5) is 10.8. The number of carbonyl (C=O) groups is 1. The van der Waals surface area contributed by atoms with Crippen LogP contribution >= 0.6 is 0 Å². The van der Waals surface area contributed by atoms with Gasteiger partial charge >= 0.3 is 5.97 Å². The molecule has 0 heterocycles. The van der Waals surface area contributed by atoms with Gasteiger partial charge in [0.2, 0.25) is 0 Å². The van der Waals surface area contributed by atoms with Gasteiger partial charge in [-0.1, -0.05) is 23.3 Å². The summed E-state index contributed by atoms with van der Waals surface area (Å²) < 4.78 is 0. The monoisotopic (exact) mass is 290 g/mol. The lowest BCUT2D eigenvalue weighted by Crippen LogP contribution is -1.97. The van der Waals surface area contributed by atoms with E-state index in [0.29, 0.717) is 12.0 Å². The molecule has 1 aromatic carbocycles. The van der Waals surface area contributed by atoms with Gasteiger partial charge in [0.25, 0.3) is 0 Å². The summed E-state index contributed by atoms with van der Waals surface area (Å²) in [6, 6.07) is 2.31. The molecule has 0 aliphatic carbocycles. The van der Waals surface area contributed by atoms with E-state index in [2.05, 4.69) is 19.9 Å². The van der Waals surface area contributed by atoms with Gasteiger partial charge in [0.1, 0.15) is 11.5 Å².